The second-order valence-corrected chi connectivity index (χ2v) is 7.39. The number of anilines is 1. The lowest BCUT2D eigenvalue weighted by atomic mass is 10.2. The molecule has 2 aromatic rings. The molecular weight excluding hydrogens is 397 g/mol. The minimum absolute atomic E-state index is 0.0745. The van der Waals surface area contributed by atoms with Gasteiger partial charge in [-0.3, -0.25) is 0 Å². The van der Waals surface area contributed by atoms with Crippen LogP contribution >= 0.6 is 0 Å². The first-order valence-electron chi connectivity index (χ1n) is 10.5. The van der Waals surface area contributed by atoms with E-state index in [2.05, 4.69) is 26.3 Å². The molecule has 2 rings (SSSR count). The molecule has 168 valence electrons. The lowest BCUT2D eigenvalue weighted by Gasteiger charge is -2.18. The van der Waals surface area contributed by atoms with Gasteiger partial charge in [0, 0.05) is 18.3 Å². The number of carbonyl (C=O) groups excluding carboxylic acids is 1. The van der Waals surface area contributed by atoms with Crippen molar-refractivity contribution in [2.45, 2.75) is 46.4 Å². The standard InChI is InChI=1S/C23H32FN5O2/c1-5-25-22(26-14-17(4)31-21-9-7-6-8-20(21)24)27-15-18-10-12-19(13-11-18)29-23(30)28-16(2)3/h6-13,16-17H,5,14-15H2,1-4H3,(H2,25,26,27)(H2,28,29,30). The van der Waals surface area contributed by atoms with E-state index in [1.54, 1.807) is 18.2 Å². The molecule has 0 radical (unpaired) electrons. The summed E-state index contributed by atoms with van der Waals surface area (Å²) in [7, 11) is 0. The van der Waals surface area contributed by atoms with Crippen molar-refractivity contribution < 1.29 is 13.9 Å². The van der Waals surface area contributed by atoms with Crippen LogP contribution in [0, 0.1) is 5.82 Å². The van der Waals surface area contributed by atoms with Gasteiger partial charge in [-0.25, -0.2) is 14.2 Å². The van der Waals surface area contributed by atoms with Crippen molar-refractivity contribution >= 4 is 17.7 Å². The molecular formula is C23H32FN5O2. The van der Waals surface area contributed by atoms with E-state index < -0.39 is 0 Å². The number of amides is 2. The molecule has 0 aliphatic heterocycles. The van der Waals surface area contributed by atoms with Gasteiger partial charge in [-0.1, -0.05) is 24.3 Å². The van der Waals surface area contributed by atoms with Gasteiger partial charge in [0.1, 0.15) is 6.10 Å². The van der Waals surface area contributed by atoms with Crippen LogP contribution in [0.25, 0.3) is 0 Å². The molecule has 2 amide bonds. The molecule has 0 aliphatic carbocycles. The Bertz CT molecular complexity index is 855. The molecule has 4 N–H and O–H groups in total. The van der Waals surface area contributed by atoms with Crippen LogP contribution in [0.5, 0.6) is 5.75 Å². The van der Waals surface area contributed by atoms with Gasteiger partial charge in [-0.2, -0.15) is 0 Å². The molecule has 31 heavy (non-hydrogen) atoms. The largest absolute Gasteiger partial charge is 0.486 e. The number of nitrogens with zero attached hydrogens (tertiary/aromatic N) is 1. The highest BCUT2D eigenvalue weighted by Gasteiger charge is 2.09. The maximum atomic E-state index is 13.7. The minimum atomic E-state index is -0.380. The molecule has 0 heterocycles. The Kier molecular flexibility index (Phi) is 9.61. The third kappa shape index (κ3) is 8.94. The van der Waals surface area contributed by atoms with Crippen LogP contribution in [0.1, 0.15) is 33.3 Å². The zero-order valence-electron chi connectivity index (χ0n) is 18.5. The predicted octanol–water partition coefficient (Wildman–Crippen LogP) is 3.88. The zero-order valence-corrected chi connectivity index (χ0v) is 18.5. The Balaban J connectivity index is 1.87. The van der Waals surface area contributed by atoms with Gasteiger partial charge in [0.2, 0.25) is 0 Å². The van der Waals surface area contributed by atoms with E-state index in [9.17, 15) is 9.18 Å². The van der Waals surface area contributed by atoms with Crippen molar-refractivity contribution in [3.05, 3.63) is 59.9 Å². The second-order valence-electron chi connectivity index (χ2n) is 7.39. The van der Waals surface area contributed by atoms with Gasteiger partial charge in [0.15, 0.2) is 17.5 Å². The van der Waals surface area contributed by atoms with Crippen molar-refractivity contribution in [1.82, 2.24) is 16.0 Å². The second kappa shape index (κ2) is 12.4. The van der Waals surface area contributed by atoms with Crippen molar-refractivity contribution in [2.24, 2.45) is 4.99 Å². The van der Waals surface area contributed by atoms with Gasteiger partial charge in [-0.15, -0.1) is 0 Å². The fourth-order valence-corrected chi connectivity index (χ4v) is 2.67. The average Bonchev–Trinajstić information content (AvgIpc) is 2.72. The summed E-state index contributed by atoms with van der Waals surface area (Å²) in [6.07, 6.45) is -0.247. The monoisotopic (exact) mass is 429 g/mol. The molecule has 0 aliphatic rings. The van der Waals surface area contributed by atoms with E-state index >= 15 is 0 Å². The SMILES string of the molecule is CCNC(=NCc1ccc(NC(=O)NC(C)C)cc1)NCC(C)Oc1ccccc1F. The number of carbonyl (C=O) groups is 1. The van der Waals surface area contributed by atoms with Gasteiger partial charge in [-0.05, 0) is 57.5 Å². The Morgan fingerprint density at radius 3 is 2.42 bits per heavy atom. The van der Waals surface area contributed by atoms with E-state index in [4.69, 9.17) is 4.74 Å². The number of aliphatic imine (C=N–C) groups is 1. The molecule has 1 atom stereocenters. The normalized spacial score (nSPS) is 12.3. The van der Waals surface area contributed by atoms with Crippen molar-refractivity contribution in [2.75, 3.05) is 18.4 Å². The first-order valence-corrected chi connectivity index (χ1v) is 10.5. The van der Waals surface area contributed by atoms with Crippen LogP contribution in [0.4, 0.5) is 14.9 Å². The van der Waals surface area contributed by atoms with Crippen LogP contribution in [-0.2, 0) is 6.54 Å². The van der Waals surface area contributed by atoms with Crippen molar-refractivity contribution in [3.63, 3.8) is 0 Å². The van der Waals surface area contributed by atoms with Gasteiger partial charge in [0.05, 0.1) is 13.1 Å². The third-order valence-electron chi connectivity index (χ3n) is 4.12. The smallest absolute Gasteiger partial charge is 0.319 e. The molecule has 8 heteroatoms. The van der Waals surface area contributed by atoms with Gasteiger partial charge >= 0.3 is 6.03 Å². The number of guanidine groups is 1. The predicted molar refractivity (Wildman–Crippen MR) is 123 cm³/mol. The van der Waals surface area contributed by atoms with Crippen LogP contribution in [0.3, 0.4) is 0 Å². The Morgan fingerprint density at radius 1 is 1.06 bits per heavy atom. The fraction of sp³-hybridized carbons (Fsp3) is 0.391. The Labute approximate surface area is 183 Å². The minimum Gasteiger partial charge on any atom is -0.486 e. The summed E-state index contributed by atoms with van der Waals surface area (Å²) in [5, 5.41) is 12.0. The van der Waals surface area contributed by atoms with Crippen LogP contribution in [-0.4, -0.2) is 37.2 Å². The summed E-state index contributed by atoms with van der Waals surface area (Å²) < 4.78 is 19.4. The van der Waals surface area contributed by atoms with Gasteiger partial charge < -0.3 is 26.0 Å². The fourth-order valence-electron chi connectivity index (χ4n) is 2.67. The summed E-state index contributed by atoms with van der Waals surface area (Å²) in [6.45, 7) is 9.31. The summed E-state index contributed by atoms with van der Waals surface area (Å²) in [4.78, 5) is 16.3. The maximum Gasteiger partial charge on any atom is 0.319 e. The number of halogens is 1. The number of benzene rings is 2. The topological polar surface area (TPSA) is 86.8 Å². The molecule has 7 nitrogen and oxygen atoms in total. The van der Waals surface area contributed by atoms with Crippen LogP contribution in [0.2, 0.25) is 0 Å². The van der Waals surface area contributed by atoms with Crippen molar-refractivity contribution in [3.8, 4) is 5.75 Å². The first kappa shape index (κ1) is 24.0. The molecule has 0 saturated heterocycles. The molecule has 0 bridgehead atoms. The van der Waals surface area contributed by atoms with Gasteiger partial charge in [0.25, 0.3) is 0 Å². The van der Waals surface area contributed by atoms with E-state index in [0.717, 1.165) is 11.3 Å². The maximum absolute atomic E-state index is 13.7. The molecule has 0 spiro atoms. The molecule has 0 fully saturated rings. The van der Waals surface area contributed by atoms with E-state index in [0.29, 0.717) is 25.6 Å². The molecule has 0 aromatic heterocycles. The van der Waals surface area contributed by atoms with Crippen LogP contribution in [0.15, 0.2) is 53.5 Å². The highest BCUT2D eigenvalue weighted by atomic mass is 19.1. The number of para-hydroxylation sites is 1. The molecule has 2 aromatic carbocycles. The van der Waals surface area contributed by atoms with Crippen molar-refractivity contribution in [1.29, 1.82) is 0 Å². The number of nitrogens with one attached hydrogen (secondary N) is 4. The lowest BCUT2D eigenvalue weighted by molar-refractivity contribution is 0.214. The summed E-state index contributed by atoms with van der Waals surface area (Å²) >= 11 is 0. The number of hydrogen-bond acceptors (Lipinski definition) is 3. The number of rotatable bonds is 9. The number of urea groups is 1. The number of ether oxygens (including phenoxy) is 1. The summed E-state index contributed by atoms with van der Waals surface area (Å²) in [6, 6.07) is 13.7. The average molecular weight is 430 g/mol. The lowest BCUT2D eigenvalue weighted by Crippen LogP contribution is -2.41. The highest BCUT2D eigenvalue weighted by Crippen LogP contribution is 2.16. The van der Waals surface area contributed by atoms with E-state index in [1.807, 2.05) is 52.0 Å². The summed E-state index contributed by atoms with van der Waals surface area (Å²) in [5.41, 5.74) is 1.72. The molecule has 0 saturated carbocycles. The molecule has 1 unspecified atom stereocenters. The van der Waals surface area contributed by atoms with E-state index in [1.165, 1.54) is 6.07 Å². The van der Waals surface area contributed by atoms with Crippen LogP contribution < -0.4 is 26.0 Å². The zero-order chi connectivity index (χ0) is 22.6. The Morgan fingerprint density at radius 2 is 1.77 bits per heavy atom. The first-order chi connectivity index (χ1) is 14.9. The highest BCUT2D eigenvalue weighted by molar-refractivity contribution is 5.89. The quantitative estimate of drug-likeness (QED) is 0.360. The third-order valence-corrected chi connectivity index (χ3v) is 4.12. The van der Waals surface area contributed by atoms with E-state index in [-0.39, 0.29) is 29.7 Å². The summed E-state index contributed by atoms with van der Waals surface area (Å²) in [5.74, 6) is 0.494. The Hall–Kier alpha value is -3.29. The number of hydrogen-bond donors (Lipinski definition) is 4.